The summed E-state index contributed by atoms with van der Waals surface area (Å²) >= 11 is 0. The molecule has 0 bridgehead atoms. The van der Waals surface area contributed by atoms with Crippen molar-refractivity contribution < 1.29 is 4.79 Å². The van der Waals surface area contributed by atoms with E-state index < -0.39 is 0 Å². The van der Waals surface area contributed by atoms with Crippen molar-refractivity contribution in [2.75, 3.05) is 5.32 Å². The third-order valence-electron chi connectivity index (χ3n) is 2.19. The number of carbonyl (C=O) groups is 1. The van der Waals surface area contributed by atoms with Crippen LogP contribution in [-0.4, -0.2) is 21.9 Å². The van der Waals surface area contributed by atoms with E-state index in [1.54, 1.807) is 12.4 Å². The molecule has 5 heteroatoms. The van der Waals surface area contributed by atoms with Crippen molar-refractivity contribution in [2.45, 2.75) is 12.5 Å². The van der Waals surface area contributed by atoms with Gasteiger partial charge in [0.2, 0.25) is 11.9 Å². The zero-order valence-corrected chi connectivity index (χ0v) is 7.60. The highest BCUT2D eigenvalue weighted by Crippen LogP contribution is 2.17. The molecular weight excluding hydrogens is 180 g/mol. The number of rotatable bonds is 2. The first-order chi connectivity index (χ1) is 6.75. The average molecular weight is 192 g/mol. The van der Waals surface area contributed by atoms with E-state index in [-0.39, 0.29) is 17.9 Å². The largest absolute Gasteiger partial charge is 0.331 e. The second kappa shape index (κ2) is 3.63. The van der Waals surface area contributed by atoms with Gasteiger partial charge in [0.1, 0.15) is 0 Å². The SMILES string of the molecule is NC1C=CC(C(=O)Nc2ncc[nH]2)C1. The number of aromatic amines is 1. The van der Waals surface area contributed by atoms with Crippen molar-refractivity contribution >= 4 is 11.9 Å². The van der Waals surface area contributed by atoms with Gasteiger partial charge in [0.25, 0.3) is 0 Å². The number of nitrogens with zero attached hydrogens (tertiary/aromatic N) is 1. The quantitative estimate of drug-likeness (QED) is 0.587. The Morgan fingerprint density at radius 3 is 3.07 bits per heavy atom. The van der Waals surface area contributed by atoms with Crippen molar-refractivity contribution in [3.05, 3.63) is 24.5 Å². The van der Waals surface area contributed by atoms with Crippen molar-refractivity contribution in [3.63, 3.8) is 0 Å². The van der Waals surface area contributed by atoms with Crippen LogP contribution in [0.3, 0.4) is 0 Å². The molecule has 1 aromatic rings. The molecule has 74 valence electrons. The summed E-state index contributed by atoms with van der Waals surface area (Å²) < 4.78 is 0. The number of carbonyl (C=O) groups excluding carboxylic acids is 1. The zero-order chi connectivity index (χ0) is 9.97. The van der Waals surface area contributed by atoms with Gasteiger partial charge in [-0.1, -0.05) is 12.2 Å². The summed E-state index contributed by atoms with van der Waals surface area (Å²) in [5.41, 5.74) is 5.65. The summed E-state index contributed by atoms with van der Waals surface area (Å²) in [5.74, 6) is 0.281. The van der Waals surface area contributed by atoms with E-state index >= 15 is 0 Å². The Hall–Kier alpha value is -1.62. The first kappa shape index (κ1) is 8.96. The molecule has 0 radical (unpaired) electrons. The van der Waals surface area contributed by atoms with Crippen molar-refractivity contribution in [1.29, 1.82) is 0 Å². The maximum absolute atomic E-state index is 11.6. The van der Waals surface area contributed by atoms with Crippen LogP contribution < -0.4 is 11.1 Å². The number of hydrogen-bond donors (Lipinski definition) is 3. The van der Waals surface area contributed by atoms with Crippen LogP contribution in [0.15, 0.2) is 24.5 Å². The standard InChI is InChI=1S/C9H12N4O/c10-7-2-1-6(5-7)8(14)13-9-11-3-4-12-9/h1-4,6-7H,5,10H2,(H2,11,12,13,14). The van der Waals surface area contributed by atoms with Crippen molar-refractivity contribution in [2.24, 2.45) is 11.7 Å². The Balaban J connectivity index is 1.94. The van der Waals surface area contributed by atoms with Crippen LogP contribution in [0.1, 0.15) is 6.42 Å². The topological polar surface area (TPSA) is 83.8 Å². The number of nitrogens with one attached hydrogen (secondary N) is 2. The van der Waals surface area contributed by atoms with Crippen LogP contribution >= 0.6 is 0 Å². The predicted octanol–water partition coefficient (Wildman–Crippen LogP) is 0.252. The van der Waals surface area contributed by atoms with E-state index in [0.717, 1.165) is 0 Å². The van der Waals surface area contributed by atoms with Crippen LogP contribution in [0.5, 0.6) is 0 Å². The lowest BCUT2D eigenvalue weighted by molar-refractivity contribution is -0.118. The highest BCUT2D eigenvalue weighted by Gasteiger charge is 2.22. The molecule has 0 aliphatic heterocycles. The molecule has 1 aromatic heterocycles. The van der Waals surface area contributed by atoms with Crippen molar-refractivity contribution in [1.82, 2.24) is 9.97 Å². The number of nitrogens with two attached hydrogens (primary N) is 1. The molecule has 1 heterocycles. The molecule has 5 nitrogen and oxygen atoms in total. The van der Waals surface area contributed by atoms with Gasteiger partial charge in [-0.15, -0.1) is 0 Å². The smallest absolute Gasteiger partial charge is 0.233 e. The van der Waals surface area contributed by atoms with Crippen LogP contribution in [0.2, 0.25) is 0 Å². The summed E-state index contributed by atoms with van der Waals surface area (Å²) in [6, 6.07) is 0.00218. The fourth-order valence-electron chi connectivity index (χ4n) is 1.46. The molecule has 0 fully saturated rings. The molecule has 0 saturated heterocycles. The lowest BCUT2D eigenvalue weighted by atomic mass is 10.1. The fraction of sp³-hybridized carbons (Fsp3) is 0.333. The Morgan fingerprint density at radius 1 is 1.64 bits per heavy atom. The van der Waals surface area contributed by atoms with Crippen LogP contribution in [-0.2, 0) is 4.79 Å². The number of hydrogen-bond acceptors (Lipinski definition) is 3. The third kappa shape index (κ3) is 1.82. The van der Waals surface area contributed by atoms with E-state index in [1.807, 2.05) is 12.2 Å². The van der Waals surface area contributed by atoms with Gasteiger partial charge in [0.15, 0.2) is 0 Å². The summed E-state index contributed by atoms with van der Waals surface area (Å²) in [6.07, 6.45) is 7.61. The van der Waals surface area contributed by atoms with E-state index in [4.69, 9.17) is 5.73 Å². The van der Waals surface area contributed by atoms with Gasteiger partial charge in [-0.3, -0.25) is 10.1 Å². The van der Waals surface area contributed by atoms with Gasteiger partial charge in [0.05, 0.1) is 5.92 Å². The molecule has 0 saturated carbocycles. The molecule has 1 amide bonds. The lowest BCUT2D eigenvalue weighted by Gasteiger charge is -2.07. The van der Waals surface area contributed by atoms with E-state index in [2.05, 4.69) is 15.3 Å². The zero-order valence-electron chi connectivity index (χ0n) is 7.60. The Labute approximate surface area is 81.4 Å². The van der Waals surface area contributed by atoms with Gasteiger partial charge in [-0.2, -0.15) is 0 Å². The number of anilines is 1. The van der Waals surface area contributed by atoms with E-state index in [0.29, 0.717) is 12.4 Å². The van der Waals surface area contributed by atoms with E-state index in [1.165, 1.54) is 0 Å². The summed E-state index contributed by atoms with van der Waals surface area (Å²) in [7, 11) is 0. The number of imidazole rings is 1. The number of amides is 1. The predicted molar refractivity (Wildman–Crippen MR) is 52.4 cm³/mol. The molecule has 2 unspecified atom stereocenters. The normalized spacial score (nSPS) is 25.2. The highest BCUT2D eigenvalue weighted by molar-refractivity contribution is 5.92. The maximum atomic E-state index is 11.6. The Bertz CT molecular complexity index is 344. The Morgan fingerprint density at radius 2 is 2.50 bits per heavy atom. The van der Waals surface area contributed by atoms with Gasteiger partial charge in [-0.05, 0) is 6.42 Å². The van der Waals surface area contributed by atoms with Crippen LogP contribution in [0, 0.1) is 5.92 Å². The molecule has 4 N–H and O–H groups in total. The maximum Gasteiger partial charge on any atom is 0.233 e. The molecule has 14 heavy (non-hydrogen) atoms. The minimum absolute atomic E-state index is 0.00218. The number of H-pyrrole nitrogens is 1. The van der Waals surface area contributed by atoms with Crippen LogP contribution in [0.4, 0.5) is 5.95 Å². The molecule has 0 spiro atoms. The first-order valence-corrected chi connectivity index (χ1v) is 4.50. The first-order valence-electron chi connectivity index (χ1n) is 4.50. The molecule has 1 aliphatic rings. The minimum Gasteiger partial charge on any atom is -0.331 e. The number of aromatic nitrogens is 2. The minimum atomic E-state index is -0.130. The summed E-state index contributed by atoms with van der Waals surface area (Å²) in [6.45, 7) is 0. The molecular formula is C9H12N4O. The van der Waals surface area contributed by atoms with Gasteiger partial charge >= 0.3 is 0 Å². The summed E-state index contributed by atoms with van der Waals surface area (Å²) in [5, 5.41) is 2.67. The second-order valence-corrected chi connectivity index (χ2v) is 3.32. The monoisotopic (exact) mass is 192 g/mol. The van der Waals surface area contributed by atoms with E-state index in [9.17, 15) is 4.79 Å². The molecule has 2 rings (SSSR count). The Kier molecular flexibility index (Phi) is 2.32. The summed E-state index contributed by atoms with van der Waals surface area (Å²) in [4.78, 5) is 18.3. The average Bonchev–Trinajstić information content (AvgIpc) is 2.75. The molecule has 0 aromatic carbocycles. The third-order valence-corrected chi connectivity index (χ3v) is 2.19. The van der Waals surface area contributed by atoms with Gasteiger partial charge in [0, 0.05) is 18.4 Å². The molecule has 2 atom stereocenters. The lowest BCUT2D eigenvalue weighted by Crippen LogP contribution is -2.24. The molecule has 1 aliphatic carbocycles. The van der Waals surface area contributed by atoms with Gasteiger partial charge < -0.3 is 10.7 Å². The van der Waals surface area contributed by atoms with Crippen molar-refractivity contribution in [3.8, 4) is 0 Å². The highest BCUT2D eigenvalue weighted by atomic mass is 16.2. The van der Waals surface area contributed by atoms with Gasteiger partial charge in [-0.25, -0.2) is 4.98 Å². The van der Waals surface area contributed by atoms with Crippen LogP contribution in [0.25, 0.3) is 0 Å². The fourth-order valence-corrected chi connectivity index (χ4v) is 1.46. The second-order valence-electron chi connectivity index (χ2n) is 3.32.